The van der Waals surface area contributed by atoms with Gasteiger partial charge in [0, 0.05) is 24.9 Å². The van der Waals surface area contributed by atoms with Gasteiger partial charge in [-0.1, -0.05) is 31.1 Å². The maximum absolute atomic E-state index is 12.9. The highest BCUT2D eigenvalue weighted by molar-refractivity contribution is 5.96. The number of hydrogen-bond donors (Lipinski definition) is 2. The Kier molecular flexibility index (Phi) is 6.87. The summed E-state index contributed by atoms with van der Waals surface area (Å²) in [4.78, 5) is 26.8. The minimum Gasteiger partial charge on any atom is -0.376 e. The minimum atomic E-state index is -0.346. The summed E-state index contributed by atoms with van der Waals surface area (Å²) >= 11 is 0. The Morgan fingerprint density at radius 1 is 1.24 bits per heavy atom. The fourth-order valence-electron chi connectivity index (χ4n) is 3.19. The fraction of sp³-hybridized carbons (Fsp3) is 0.476. The maximum atomic E-state index is 12.9. The molecule has 1 atom stereocenters. The molecule has 8 heteroatoms. The highest BCUT2D eigenvalue weighted by Gasteiger charge is 2.25. The quantitative estimate of drug-likeness (QED) is 0.738. The molecule has 0 aliphatic carbocycles. The second-order valence-electron chi connectivity index (χ2n) is 7.59. The van der Waals surface area contributed by atoms with Gasteiger partial charge in [-0.25, -0.2) is 4.79 Å². The molecule has 1 fully saturated rings. The van der Waals surface area contributed by atoms with Gasteiger partial charge in [-0.3, -0.25) is 4.79 Å². The van der Waals surface area contributed by atoms with Crippen LogP contribution in [0, 0.1) is 6.92 Å². The van der Waals surface area contributed by atoms with E-state index in [1.54, 1.807) is 13.0 Å². The Morgan fingerprint density at radius 3 is 2.59 bits per heavy atom. The molecule has 1 aromatic carbocycles. The number of nitrogens with one attached hydrogen (secondary N) is 2. The van der Waals surface area contributed by atoms with Crippen molar-refractivity contribution in [3.8, 4) is 0 Å². The lowest BCUT2D eigenvalue weighted by Crippen LogP contribution is -2.44. The molecule has 1 unspecified atom stereocenters. The van der Waals surface area contributed by atoms with Gasteiger partial charge in [0.25, 0.3) is 0 Å². The molecule has 1 aliphatic heterocycles. The molecule has 1 aromatic heterocycles. The summed E-state index contributed by atoms with van der Waals surface area (Å²) in [5.41, 5.74) is 1.88. The molecule has 2 heterocycles. The first-order chi connectivity index (χ1) is 13.9. The molecule has 0 radical (unpaired) electrons. The van der Waals surface area contributed by atoms with Crippen molar-refractivity contribution in [2.75, 3.05) is 30.3 Å². The van der Waals surface area contributed by atoms with Gasteiger partial charge in [0.15, 0.2) is 5.82 Å². The van der Waals surface area contributed by atoms with E-state index in [9.17, 15) is 9.59 Å². The van der Waals surface area contributed by atoms with Crippen LogP contribution in [0.5, 0.6) is 0 Å². The van der Waals surface area contributed by atoms with Crippen molar-refractivity contribution in [2.45, 2.75) is 45.6 Å². The highest BCUT2D eigenvalue weighted by atomic mass is 16.5. The first kappa shape index (κ1) is 20.9. The summed E-state index contributed by atoms with van der Waals surface area (Å²) in [6.07, 6.45) is 1.77. The number of amides is 3. The first-order valence-corrected chi connectivity index (χ1v) is 9.91. The second-order valence-corrected chi connectivity index (χ2v) is 7.59. The third-order valence-corrected chi connectivity index (χ3v) is 4.79. The summed E-state index contributed by atoms with van der Waals surface area (Å²) in [6, 6.07) is 9.00. The van der Waals surface area contributed by atoms with E-state index < -0.39 is 0 Å². The molecular weight excluding hydrogens is 372 g/mol. The minimum absolute atomic E-state index is 0.0637. The zero-order chi connectivity index (χ0) is 20.8. The number of nitrogens with zero attached hydrogens (tertiary/aromatic N) is 2. The molecule has 3 rings (SSSR count). The first-order valence-electron chi connectivity index (χ1n) is 9.91. The number of benzene rings is 1. The monoisotopic (exact) mass is 400 g/mol. The number of urea groups is 1. The van der Waals surface area contributed by atoms with E-state index in [2.05, 4.69) is 29.6 Å². The van der Waals surface area contributed by atoms with Crippen LogP contribution >= 0.6 is 0 Å². The number of ether oxygens (including phenoxy) is 1. The number of carbonyl (C=O) groups is 2. The van der Waals surface area contributed by atoms with Crippen LogP contribution in [0.1, 0.15) is 43.9 Å². The Morgan fingerprint density at radius 2 is 2.00 bits per heavy atom. The zero-order valence-electron chi connectivity index (χ0n) is 17.1. The van der Waals surface area contributed by atoms with Gasteiger partial charge in [0.1, 0.15) is 12.3 Å². The molecule has 3 amide bonds. The van der Waals surface area contributed by atoms with Crippen molar-refractivity contribution in [3.63, 3.8) is 0 Å². The number of aryl methyl sites for hydroxylation is 1. The predicted molar refractivity (Wildman–Crippen MR) is 110 cm³/mol. The van der Waals surface area contributed by atoms with E-state index in [-0.39, 0.29) is 24.6 Å². The topological polar surface area (TPSA) is 96.7 Å². The summed E-state index contributed by atoms with van der Waals surface area (Å²) in [5, 5.41) is 9.27. The molecule has 0 bridgehead atoms. The van der Waals surface area contributed by atoms with Crippen LogP contribution in [-0.2, 0) is 9.53 Å². The molecule has 8 nitrogen and oxygen atoms in total. The lowest BCUT2D eigenvalue weighted by Gasteiger charge is -2.25. The summed E-state index contributed by atoms with van der Waals surface area (Å²) < 4.78 is 10.6. The Balaban J connectivity index is 1.64. The van der Waals surface area contributed by atoms with E-state index in [4.69, 9.17) is 9.26 Å². The van der Waals surface area contributed by atoms with E-state index >= 15 is 0 Å². The van der Waals surface area contributed by atoms with Gasteiger partial charge < -0.3 is 24.8 Å². The van der Waals surface area contributed by atoms with E-state index in [0.29, 0.717) is 36.3 Å². The Labute approximate surface area is 170 Å². The van der Waals surface area contributed by atoms with Gasteiger partial charge in [0.2, 0.25) is 5.91 Å². The highest BCUT2D eigenvalue weighted by Crippen LogP contribution is 2.18. The summed E-state index contributed by atoms with van der Waals surface area (Å²) in [5.74, 6) is 0.995. The Hall–Kier alpha value is -2.87. The normalized spacial score (nSPS) is 16.1. The van der Waals surface area contributed by atoms with Crippen molar-refractivity contribution in [2.24, 2.45) is 0 Å². The van der Waals surface area contributed by atoms with Crippen LogP contribution in [0.25, 0.3) is 0 Å². The third-order valence-electron chi connectivity index (χ3n) is 4.79. The second kappa shape index (κ2) is 9.56. The van der Waals surface area contributed by atoms with E-state index in [0.717, 1.165) is 12.8 Å². The molecule has 2 N–H and O–H groups in total. The number of rotatable bonds is 7. The van der Waals surface area contributed by atoms with Gasteiger partial charge in [-0.2, -0.15) is 0 Å². The number of hydrogen-bond acceptors (Lipinski definition) is 5. The largest absolute Gasteiger partial charge is 0.376 e. The van der Waals surface area contributed by atoms with Crippen molar-refractivity contribution in [1.82, 2.24) is 10.1 Å². The SMILES string of the molecule is Cc1cc(NC(=O)CN(CC2CCCO2)C(=O)Nc2ccc(C(C)C)cc2)no1. The number of anilines is 2. The zero-order valence-corrected chi connectivity index (χ0v) is 17.1. The van der Waals surface area contributed by atoms with Crippen LogP contribution in [0.3, 0.4) is 0 Å². The Bertz CT molecular complexity index is 825. The smallest absolute Gasteiger partial charge is 0.322 e. The summed E-state index contributed by atoms with van der Waals surface area (Å²) in [6.45, 7) is 6.90. The predicted octanol–water partition coefficient (Wildman–Crippen LogP) is 3.76. The molecule has 156 valence electrons. The van der Waals surface area contributed by atoms with Crippen LogP contribution in [-0.4, -0.2) is 47.8 Å². The third kappa shape index (κ3) is 6.05. The van der Waals surface area contributed by atoms with Crippen molar-refractivity contribution in [3.05, 3.63) is 41.7 Å². The number of carbonyl (C=O) groups excluding carboxylic acids is 2. The molecule has 0 spiro atoms. The molecule has 29 heavy (non-hydrogen) atoms. The van der Waals surface area contributed by atoms with Crippen molar-refractivity contribution in [1.29, 1.82) is 0 Å². The van der Waals surface area contributed by atoms with Crippen LogP contribution < -0.4 is 10.6 Å². The van der Waals surface area contributed by atoms with Gasteiger partial charge >= 0.3 is 6.03 Å². The average Bonchev–Trinajstić information content (AvgIpc) is 3.33. The van der Waals surface area contributed by atoms with Crippen molar-refractivity contribution < 1.29 is 18.8 Å². The van der Waals surface area contributed by atoms with Crippen LogP contribution in [0.15, 0.2) is 34.9 Å². The molecule has 1 saturated heterocycles. The lowest BCUT2D eigenvalue weighted by molar-refractivity contribution is -0.117. The number of aromatic nitrogens is 1. The molecule has 2 aromatic rings. The lowest BCUT2D eigenvalue weighted by atomic mass is 10.0. The van der Waals surface area contributed by atoms with Crippen molar-refractivity contribution >= 4 is 23.4 Å². The summed E-state index contributed by atoms with van der Waals surface area (Å²) in [7, 11) is 0. The average molecular weight is 400 g/mol. The maximum Gasteiger partial charge on any atom is 0.322 e. The molecular formula is C21H28N4O4. The van der Waals surface area contributed by atoms with Crippen LogP contribution in [0.4, 0.5) is 16.3 Å². The molecule has 1 aliphatic rings. The van der Waals surface area contributed by atoms with Gasteiger partial charge in [-0.15, -0.1) is 0 Å². The van der Waals surface area contributed by atoms with E-state index in [1.807, 2.05) is 24.3 Å². The molecule has 0 saturated carbocycles. The standard InChI is InChI=1S/C21H28N4O4/c1-14(2)16-6-8-17(9-7-16)22-21(27)25(12-18-5-4-10-28-18)13-20(26)23-19-11-15(3)29-24-19/h6-9,11,14,18H,4-5,10,12-13H2,1-3H3,(H,22,27)(H,23,24,26). The van der Waals surface area contributed by atoms with Gasteiger partial charge in [-0.05, 0) is 43.4 Å². The van der Waals surface area contributed by atoms with Gasteiger partial charge in [0.05, 0.1) is 6.10 Å². The fourth-order valence-corrected chi connectivity index (χ4v) is 3.19. The van der Waals surface area contributed by atoms with E-state index in [1.165, 1.54) is 10.5 Å². The van der Waals surface area contributed by atoms with Crippen LogP contribution in [0.2, 0.25) is 0 Å².